The molecule has 0 aromatic heterocycles. The minimum absolute atomic E-state index is 0. The topological polar surface area (TPSA) is 190 Å². The Morgan fingerprint density at radius 1 is 0.450 bits per heavy atom. The maximum atomic E-state index is 13.5. The van der Waals surface area contributed by atoms with Gasteiger partial charge in [-0.1, -0.05) is 136 Å². The predicted octanol–water partition coefficient (Wildman–Crippen LogP) is 2.09. The summed E-state index contributed by atoms with van der Waals surface area (Å²) in [5.74, 6) is -1.01. The van der Waals surface area contributed by atoms with Gasteiger partial charge in [-0.15, -0.1) is 0 Å². The first-order chi connectivity index (χ1) is 27.9. The van der Waals surface area contributed by atoms with E-state index >= 15 is 0 Å². The van der Waals surface area contributed by atoms with Crippen LogP contribution < -0.4 is 59.1 Å². The summed E-state index contributed by atoms with van der Waals surface area (Å²) in [5.41, 5.74) is 0. The predicted molar refractivity (Wildman–Crippen MR) is 227 cm³/mol. The van der Waals surface area contributed by atoms with E-state index in [1.807, 2.05) is 0 Å². The van der Waals surface area contributed by atoms with Gasteiger partial charge in [-0.25, -0.2) is 16.8 Å². The van der Waals surface area contributed by atoms with Crippen LogP contribution in [-0.2, 0) is 53.5 Å². The summed E-state index contributed by atoms with van der Waals surface area (Å²) in [6, 6.07) is 0. The molecule has 0 bridgehead atoms. The molecule has 0 aromatic rings. The zero-order chi connectivity index (χ0) is 43.0. The first kappa shape index (κ1) is 65.3. The molecule has 0 N–H and O–H groups in total. The molecule has 2 atom stereocenters. The number of carbonyl (C=O) groups excluding carboxylic acids is 1. The van der Waals surface area contributed by atoms with Crippen LogP contribution in [0.15, 0.2) is 0 Å². The third-order valence-electron chi connectivity index (χ3n) is 9.65. The largest absolute Gasteiger partial charge is 1.00 e. The monoisotopic (exact) mass is 920 g/mol. The van der Waals surface area contributed by atoms with Crippen molar-refractivity contribution >= 4 is 26.1 Å². The first-order valence-electron chi connectivity index (χ1n) is 22.7. The van der Waals surface area contributed by atoms with E-state index in [1.165, 1.54) is 77.0 Å². The van der Waals surface area contributed by atoms with Crippen molar-refractivity contribution in [3.8, 4) is 0 Å². The minimum Gasteiger partial charge on any atom is -0.748 e. The molecule has 2 unspecified atom stereocenters. The van der Waals surface area contributed by atoms with Crippen molar-refractivity contribution in [3.05, 3.63) is 0 Å². The number of amides is 1. The van der Waals surface area contributed by atoms with E-state index in [9.17, 15) is 30.7 Å². The Hall–Kier alpha value is 1.05. The summed E-state index contributed by atoms with van der Waals surface area (Å²) >= 11 is 0. The van der Waals surface area contributed by atoms with E-state index in [2.05, 4.69) is 20.8 Å². The van der Waals surface area contributed by atoms with E-state index < -0.39 is 44.3 Å². The fraction of sp³-hybridized carbons (Fsp3) is 0.976. The Balaban J connectivity index is -0.0000162. The number of carbonyl (C=O) groups is 1. The minimum atomic E-state index is -4.32. The second kappa shape index (κ2) is 46.6. The third kappa shape index (κ3) is 48.5. The molecule has 0 rings (SSSR count). The Bertz CT molecular complexity index is 1070. The average molecular weight is 920 g/mol. The number of nitrogens with zero attached hydrogens (tertiary/aromatic N) is 1. The van der Waals surface area contributed by atoms with E-state index in [-0.39, 0.29) is 131 Å². The van der Waals surface area contributed by atoms with Crippen molar-refractivity contribution in [2.24, 2.45) is 0 Å². The van der Waals surface area contributed by atoms with E-state index in [0.29, 0.717) is 19.6 Å². The standard InChI is InChI=1S/C42H85NO13S2.2Na/c1-4-7-10-13-16-17-18-19-22-27-40(44)43(28-34-55-41(38-51-30-25-36-57(45,46)47)53-32-23-20-14-11-8-5-2)29-35-56-42(39-52-31-26-37-58(48,49)50)54-33-24-21-15-12-9-6-3;;/h41-42H,4-39H2,1-3H3,(H,45,46,47)(H,48,49,50);;/q;2*+1/p-2. The van der Waals surface area contributed by atoms with Crippen molar-refractivity contribution in [3.63, 3.8) is 0 Å². The van der Waals surface area contributed by atoms with Crippen LogP contribution in [-0.4, -0.2) is 127 Å². The molecule has 0 aliphatic heterocycles. The van der Waals surface area contributed by atoms with Crippen LogP contribution in [0.3, 0.4) is 0 Å². The van der Waals surface area contributed by atoms with Crippen LogP contribution in [0.2, 0.25) is 0 Å². The van der Waals surface area contributed by atoms with E-state index in [4.69, 9.17) is 28.4 Å². The van der Waals surface area contributed by atoms with Crippen LogP contribution in [0.25, 0.3) is 0 Å². The van der Waals surface area contributed by atoms with E-state index in [0.717, 1.165) is 57.8 Å². The molecule has 1 amide bonds. The normalized spacial score (nSPS) is 12.8. The van der Waals surface area contributed by atoms with Gasteiger partial charge >= 0.3 is 59.1 Å². The van der Waals surface area contributed by atoms with Crippen molar-refractivity contribution < 1.29 is 118 Å². The molecular weight excluding hydrogens is 837 g/mol. The summed E-state index contributed by atoms with van der Waals surface area (Å²) in [5, 5.41) is 0. The van der Waals surface area contributed by atoms with Gasteiger partial charge in [0.05, 0.1) is 46.7 Å². The number of ether oxygens (including phenoxy) is 6. The molecule has 0 fully saturated rings. The van der Waals surface area contributed by atoms with Crippen molar-refractivity contribution in [1.29, 1.82) is 0 Å². The maximum Gasteiger partial charge on any atom is 1.00 e. The second-order valence-electron chi connectivity index (χ2n) is 15.2. The Kier molecular flexibility index (Phi) is 50.7. The van der Waals surface area contributed by atoms with Crippen LogP contribution in [0, 0.1) is 0 Å². The summed E-state index contributed by atoms with van der Waals surface area (Å²) < 4.78 is 101. The van der Waals surface area contributed by atoms with Crippen LogP contribution in [0.4, 0.5) is 0 Å². The molecule has 0 heterocycles. The van der Waals surface area contributed by atoms with Crippen LogP contribution in [0.5, 0.6) is 0 Å². The smallest absolute Gasteiger partial charge is 0.748 e. The number of unbranched alkanes of at least 4 members (excludes halogenated alkanes) is 18. The molecule has 0 radical (unpaired) electrons. The Morgan fingerprint density at radius 2 is 0.767 bits per heavy atom. The average Bonchev–Trinajstić information content (AvgIpc) is 3.17. The molecule has 348 valence electrons. The molecule has 0 aliphatic carbocycles. The number of rotatable bonds is 46. The molecular formula is C42H83NNa2O13S2. The molecule has 0 spiro atoms. The number of hydrogen-bond donors (Lipinski definition) is 0. The summed E-state index contributed by atoms with van der Waals surface area (Å²) in [6.45, 7) is 8.69. The van der Waals surface area contributed by atoms with Gasteiger partial charge in [0.25, 0.3) is 0 Å². The SMILES string of the molecule is CCCCCCCCCCCC(=O)N(CCOC(COCCCS(=O)(=O)[O-])OCCCCCCCC)CCOC(COCCCS(=O)(=O)[O-])OCCCCCCCC.[Na+].[Na+]. The zero-order valence-electron chi connectivity index (χ0n) is 38.7. The maximum absolute atomic E-state index is 13.5. The first-order valence-corrected chi connectivity index (χ1v) is 25.8. The fourth-order valence-electron chi connectivity index (χ4n) is 6.21. The summed E-state index contributed by atoms with van der Waals surface area (Å²) in [6.07, 6.45) is 22.6. The fourth-order valence-corrected chi connectivity index (χ4v) is 7.16. The van der Waals surface area contributed by atoms with Crippen LogP contribution >= 0.6 is 0 Å². The summed E-state index contributed by atoms with van der Waals surface area (Å²) in [7, 11) is -8.64. The summed E-state index contributed by atoms with van der Waals surface area (Å²) in [4.78, 5) is 15.3. The van der Waals surface area contributed by atoms with Gasteiger partial charge in [-0.3, -0.25) is 4.79 Å². The molecule has 14 nitrogen and oxygen atoms in total. The van der Waals surface area contributed by atoms with Gasteiger partial charge in [0.2, 0.25) is 5.91 Å². The quantitative estimate of drug-likeness (QED) is 0.0374. The molecule has 0 aliphatic rings. The Morgan fingerprint density at radius 3 is 1.12 bits per heavy atom. The van der Waals surface area contributed by atoms with Gasteiger partial charge in [0.15, 0.2) is 12.6 Å². The molecule has 18 heteroatoms. The zero-order valence-corrected chi connectivity index (χ0v) is 44.3. The van der Waals surface area contributed by atoms with Gasteiger partial charge < -0.3 is 42.4 Å². The van der Waals surface area contributed by atoms with Crippen LogP contribution in [0.1, 0.15) is 175 Å². The van der Waals surface area contributed by atoms with E-state index in [1.54, 1.807) is 4.90 Å². The van der Waals surface area contributed by atoms with Gasteiger partial charge in [0.1, 0.15) is 0 Å². The number of hydrogen-bond acceptors (Lipinski definition) is 13. The molecule has 0 saturated carbocycles. The molecule has 60 heavy (non-hydrogen) atoms. The van der Waals surface area contributed by atoms with Crippen molar-refractivity contribution in [1.82, 2.24) is 4.90 Å². The van der Waals surface area contributed by atoms with Crippen molar-refractivity contribution in [2.75, 3.05) is 77.5 Å². The molecule has 0 saturated heterocycles. The van der Waals surface area contributed by atoms with Gasteiger partial charge in [-0.05, 0) is 32.1 Å². The van der Waals surface area contributed by atoms with Gasteiger partial charge in [0, 0.05) is 57.4 Å². The Labute approximate surface area is 410 Å². The third-order valence-corrected chi connectivity index (χ3v) is 11.2. The second-order valence-corrected chi connectivity index (χ2v) is 18.3. The van der Waals surface area contributed by atoms with Crippen molar-refractivity contribution in [2.45, 2.75) is 187 Å². The molecule has 0 aromatic carbocycles. The van der Waals surface area contributed by atoms with Gasteiger partial charge in [-0.2, -0.15) is 0 Å².